The van der Waals surface area contributed by atoms with Gasteiger partial charge in [-0.2, -0.15) is 0 Å². The van der Waals surface area contributed by atoms with Crippen LogP contribution in [0.4, 0.5) is 22.0 Å². The standard InChI is InChI=1S/C20H23N5O3.C9H19N/c21-15-3-1-2-4-16(15)23-18(26)14-5-6-17(22-11-14)24-9-7-20(8-10-24)12-25(13-20)19(27)28;1-9(2,3)8-6-5-7-10(8)4/h1-6,11H,7-10,12-13,21H2,(H,23,26)(H,27,28);8H,5-7H2,1-4H3. The molecule has 9 heteroatoms. The molecular formula is C29H42N6O3. The van der Waals surface area contributed by atoms with E-state index in [0.29, 0.717) is 35.4 Å². The Kier molecular flexibility index (Phi) is 8.16. The molecule has 0 saturated carbocycles. The zero-order valence-electron chi connectivity index (χ0n) is 23.1. The number of aromatic nitrogens is 1. The van der Waals surface area contributed by atoms with Gasteiger partial charge in [-0.05, 0) is 69.0 Å². The fraction of sp³-hybridized carbons (Fsp3) is 0.552. The van der Waals surface area contributed by atoms with Crippen molar-refractivity contribution in [2.24, 2.45) is 10.8 Å². The summed E-state index contributed by atoms with van der Waals surface area (Å²) in [4.78, 5) is 34.0. The monoisotopic (exact) mass is 522 g/mol. The smallest absolute Gasteiger partial charge is 0.407 e. The Morgan fingerprint density at radius 1 is 1.08 bits per heavy atom. The van der Waals surface area contributed by atoms with Crippen LogP contribution in [0.5, 0.6) is 0 Å². The van der Waals surface area contributed by atoms with Crippen LogP contribution in [0, 0.1) is 10.8 Å². The SMILES string of the molecule is CN1CCCC1C(C)(C)C.Nc1ccccc1NC(=O)c1ccc(N2CCC3(CC2)CN(C(=O)O)C3)nc1. The average molecular weight is 523 g/mol. The number of amides is 2. The maximum atomic E-state index is 12.4. The Morgan fingerprint density at radius 3 is 2.26 bits per heavy atom. The summed E-state index contributed by atoms with van der Waals surface area (Å²) in [7, 11) is 2.24. The lowest BCUT2D eigenvalue weighted by atomic mass is 9.72. The number of carbonyl (C=O) groups is 2. The highest BCUT2D eigenvalue weighted by Gasteiger charge is 2.46. The predicted octanol–water partition coefficient (Wildman–Crippen LogP) is 4.62. The maximum Gasteiger partial charge on any atom is 0.407 e. The molecule has 3 saturated heterocycles. The fourth-order valence-electron chi connectivity index (χ4n) is 5.94. The summed E-state index contributed by atoms with van der Waals surface area (Å²) < 4.78 is 0. The normalized spacial score (nSPS) is 20.9. The second kappa shape index (κ2) is 11.2. The van der Waals surface area contributed by atoms with Gasteiger partial charge in [0.2, 0.25) is 0 Å². The van der Waals surface area contributed by atoms with Gasteiger partial charge in [-0.1, -0.05) is 32.9 Å². The summed E-state index contributed by atoms with van der Waals surface area (Å²) in [6.07, 6.45) is 5.42. The third-order valence-electron chi connectivity index (χ3n) is 8.21. The lowest BCUT2D eigenvalue weighted by Gasteiger charge is -2.53. The van der Waals surface area contributed by atoms with Gasteiger partial charge in [0.15, 0.2) is 0 Å². The van der Waals surface area contributed by atoms with Crippen molar-refractivity contribution in [3.63, 3.8) is 0 Å². The average Bonchev–Trinajstić information content (AvgIpc) is 3.31. The third kappa shape index (κ3) is 6.38. The van der Waals surface area contributed by atoms with Crippen molar-refractivity contribution in [3.8, 4) is 0 Å². The number of nitrogens with zero attached hydrogens (tertiary/aromatic N) is 4. The van der Waals surface area contributed by atoms with Crippen LogP contribution in [-0.4, -0.2) is 77.7 Å². The van der Waals surface area contributed by atoms with Gasteiger partial charge in [0.05, 0.1) is 16.9 Å². The summed E-state index contributed by atoms with van der Waals surface area (Å²) in [6.45, 7) is 11.2. The summed E-state index contributed by atoms with van der Waals surface area (Å²) in [5.41, 5.74) is 8.03. The molecule has 2 aromatic rings. The first-order valence-electron chi connectivity index (χ1n) is 13.5. The van der Waals surface area contributed by atoms with E-state index in [0.717, 1.165) is 37.8 Å². The van der Waals surface area contributed by atoms with Crippen molar-refractivity contribution in [2.45, 2.75) is 52.5 Å². The second-order valence-electron chi connectivity index (χ2n) is 12.1. The summed E-state index contributed by atoms with van der Waals surface area (Å²) >= 11 is 0. The molecule has 1 atom stereocenters. The molecule has 9 nitrogen and oxygen atoms in total. The first-order chi connectivity index (χ1) is 18.0. The number of hydrogen-bond donors (Lipinski definition) is 3. The van der Waals surface area contributed by atoms with Crippen LogP contribution in [0.2, 0.25) is 0 Å². The fourth-order valence-corrected chi connectivity index (χ4v) is 5.94. The highest BCUT2D eigenvalue weighted by atomic mass is 16.4. The second-order valence-corrected chi connectivity index (χ2v) is 12.1. The molecule has 1 unspecified atom stereocenters. The van der Waals surface area contributed by atoms with Gasteiger partial charge in [0.1, 0.15) is 5.82 Å². The minimum Gasteiger partial charge on any atom is -0.465 e. The molecule has 4 N–H and O–H groups in total. The van der Waals surface area contributed by atoms with Crippen molar-refractivity contribution in [2.75, 3.05) is 55.7 Å². The zero-order valence-corrected chi connectivity index (χ0v) is 23.1. The lowest BCUT2D eigenvalue weighted by Crippen LogP contribution is -2.61. The third-order valence-corrected chi connectivity index (χ3v) is 8.21. The van der Waals surface area contributed by atoms with Crippen molar-refractivity contribution in [1.82, 2.24) is 14.8 Å². The van der Waals surface area contributed by atoms with Crippen LogP contribution < -0.4 is 16.0 Å². The number of benzene rings is 1. The van der Waals surface area contributed by atoms with E-state index < -0.39 is 6.09 Å². The number of likely N-dealkylation sites (tertiary alicyclic amines) is 2. The number of carbonyl (C=O) groups excluding carboxylic acids is 1. The molecule has 2 amide bonds. The summed E-state index contributed by atoms with van der Waals surface area (Å²) in [6, 6.07) is 11.5. The largest absolute Gasteiger partial charge is 0.465 e. The van der Waals surface area contributed by atoms with Gasteiger partial charge in [0.25, 0.3) is 5.91 Å². The molecule has 3 fully saturated rings. The Bertz CT molecular complexity index is 1110. The number of anilines is 3. The highest BCUT2D eigenvalue weighted by molar-refractivity contribution is 6.05. The van der Waals surface area contributed by atoms with E-state index in [-0.39, 0.29) is 11.3 Å². The Labute approximate surface area is 226 Å². The van der Waals surface area contributed by atoms with E-state index in [1.54, 1.807) is 24.4 Å². The van der Waals surface area contributed by atoms with Gasteiger partial charge in [-0.15, -0.1) is 0 Å². The number of carboxylic acid groups (broad SMARTS) is 1. The molecule has 1 spiro atoms. The number of hydrogen-bond acceptors (Lipinski definition) is 6. The predicted molar refractivity (Wildman–Crippen MR) is 152 cm³/mol. The van der Waals surface area contributed by atoms with Crippen LogP contribution >= 0.6 is 0 Å². The molecule has 0 bridgehead atoms. The van der Waals surface area contributed by atoms with Crippen LogP contribution in [0.3, 0.4) is 0 Å². The van der Waals surface area contributed by atoms with Gasteiger partial charge >= 0.3 is 6.09 Å². The topological polar surface area (TPSA) is 115 Å². The minimum absolute atomic E-state index is 0.129. The first-order valence-corrected chi connectivity index (χ1v) is 13.5. The summed E-state index contributed by atoms with van der Waals surface area (Å²) in [5.74, 6) is 0.581. The van der Waals surface area contributed by atoms with Gasteiger partial charge in [0, 0.05) is 43.8 Å². The molecule has 4 heterocycles. The van der Waals surface area contributed by atoms with E-state index in [4.69, 9.17) is 10.8 Å². The minimum atomic E-state index is -0.833. The van der Waals surface area contributed by atoms with Crippen molar-refractivity contribution in [1.29, 1.82) is 0 Å². The van der Waals surface area contributed by atoms with E-state index in [1.807, 2.05) is 18.2 Å². The van der Waals surface area contributed by atoms with E-state index >= 15 is 0 Å². The Balaban J connectivity index is 0.000000283. The summed E-state index contributed by atoms with van der Waals surface area (Å²) in [5, 5.41) is 11.8. The number of nitrogens with two attached hydrogens (primary N) is 1. The quantitative estimate of drug-likeness (QED) is 0.504. The molecule has 1 aromatic heterocycles. The first kappa shape index (κ1) is 27.7. The maximum absolute atomic E-state index is 12.4. The number of piperidine rings is 1. The molecule has 38 heavy (non-hydrogen) atoms. The Morgan fingerprint density at radius 2 is 1.76 bits per heavy atom. The van der Waals surface area contributed by atoms with Crippen LogP contribution in [-0.2, 0) is 0 Å². The van der Waals surface area contributed by atoms with Gasteiger partial charge in [-0.3, -0.25) is 4.79 Å². The molecule has 3 aliphatic rings. The van der Waals surface area contributed by atoms with E-state index in [2.05, 4.69) is 47.9 Å². The van der Waals surface area contributed by atoms with Gasteiger partial charge in [-0.25, -0.2) is 9.78 Å². The Hall–Kier alpha value is -3.33. The van der Waals surface area contributed by atoms with Crippen LogP contribution in [0.1, 0.15) is 56.8 Å². The number of rotatable bonds is 3. The molecule has 1 aromatic carbocycles. The molecule has 206 valence electrons. The van der Waals surface area contributed by atoms with Crippen molar-refractivity contribution >= 4 is 29.2 Å². The zero-order chi connectivity index (χ0) is 27.5. The molecule has 0 aliphatic carbocycles. The molecule has 5 rings (SSSR count). The van der Waals surface area contributed by atoms with E-state index in [9.17, 15) is 9.59 Å². The lowest BCUT2D eigenvalue weighted by molar-refractivity contribution is -0.00644. The number of nitrogens with one attached hydrogen (secondary N) is 1. The highest BCUT2D eigenvalue weighted by Crippen LogP contribution is 2.41. The molecule has 3 aliphatic heterocycles. The molecule has 0 radical (unpaired) electrons. The van der Waals surface area contributed by atoms with Crippen molar-refractivity contribution < 1.29 is 14.7 Å². The molecular weight excluding hydrogens is 480 g/mol. The van der Waals surface area contributed by atoms with Gasteiger partial charge < -0.3 is 30.9 Å². The van der Waals surface area contributed by atoms with Crippen molar-refractivity contribution in [3.05, 3.63) is 48.2 Å². The number of pyridine rings is 1. The van der Waals surface area contributed by atoms with Crippen LogP contribution in [0.15, 0.2) is 42.6 Å². The number of nitrogen functional groups attached to an aromatic ring is 1. The number of para-hydroxylation sites is 2. The van der Waals surface area contributed by atoms with E-state index in [1.165, 1.54) is 24.3 Å². The van der Waals surface area contributed by atoms with Crippen LogP contribution in [0.25, 0.3) is 0 Å².